The molecule has 2 heteroatoms. The molecule has 0 saturated heterocycles. The molecule has 180 valence electrons. The standard InChI is InChI=1S/C32H40O2/c1-22-20-26(10-16-30(22)33)24-6-12-28(13-7-24)32(18-4-3-5-19-32)29-14-8-25(9-15-29)27-11-17-31(34)23(2)21-27/h6,8,10-11,16-17,20-21,28-29,33-34H,3-5,7,9,12-15,18-19H2,1-2H3. The van der Waals surface area contributed by atoms with Crippen LogP contribution in [-0.2, 0) is 0 Å². The monoisotopic (exact) mass is 456 g/mol. The van der Waals surface area contributed by atoms with E-state index in [1.54, 1.807) is 0 Å². The highest BCUT2D eigenvalue weighted by Gasteiger charge is 2.45. The first-order chi connectivity index (χ1) is 16.5. The lowest BCUT2D eigenvalue weighted by Crippen LogP contribution is -2.41. The normalized spacial score (nSPS) is 24.9. The van der Waals surface area contributed by atoms with Gasteiger partial charge in [0.05, 0.1) is 0 Å². The van der Waals surface area contributed by atoms with Crippen molar-refractivity contribution in [1.29, 1.82) is 0 Å². The Morgan fingerprint density at radius 1 is 0.676 bits per heavy atom. The molecule has 2 N–H and O–H groups in total. The van der Waals surface area contributed by atoms with E-state index in [1.165, 1.54) is 80.1 Å². The number of aryl methyl sites for hydroxylation is 2. The van der Waals surface area contributed by atoms with Gasteiger partial charge in [-0.15, -0.1) is 0 Å². The summed E-state index contributed by atoms with van der Waals surface area (Å²) >= 11 is 0. The molecule has 1 saturated carbocycles. The second kappa shape index (κ2) is 9.64. The van der Waals surface area contributed by atoms with Gasteiger partial charge in [-0.25, -0.2) is 0 Å². The van der Waals surface area contributed by atoms with Crippen LogP contribution in [0.5, 0.6) is 11.5 Å². The van der Waals surface area contributed by atoms with Crippen LogP contribution in [0.3, 0.4) is 0 Å². The Labute approximate surface area is 205 Å². The van der Waals surface area contributed by atoms with Crippen molar-refractivity contribution in [2.45, 2.75) is 84.5 Å². The highest BCUT2D eigenvalue weighted by Crippen LogP contribution is 2.56. The van der Waals surface area contributed by atoms with E-state index in [-0.39, 0.29) is 0 Å². The van der Waals surface area contributed by atoms with Gasteiger partial charge in [-0.2, -0.15) is 0 Å². The molecule has 2 unspecified atom stereocenters. The molecule has 2 atom stereocenters. The summed E-state index contributed by atoms with van der Waals surface area (Å²) < 4.78 is 0. The van der Waals surface area contributed by atoms with Gasteiger partial charge in [0.2, 0.25) is 0 Å². The molecule has 34 heavy (non-hydrogen) atoms. The third-order valence-corrected chi connectivity index (χ3v) is 9.37. The zero-order chi connectivity index (χ0) is 23.7. The minimum Gasteiger partial charge on any atom is -0.508 e. The summed E-state index contributed by atoms with van der Waals surface area (Å²) in [5, 5.41) is 19.8. The van der Waals surface area contributed by atoms with E-state index in [0.29, 0.717) is 16.9 Å². The van der Waals surface area contributed by atoms with E-state index in [1.807, 2.05) is 26.0 Å². The second-order valence-electron chi connectivity index (χ2n) is 11.2. The summed E-state index contributed by atoms with van der Waals surface area (Å²) in [6.07, 6.45) is 19.4. The zero-order valence-corrected chi connectivity index (χ0v) is 20.9. The Morgan fingerprint density at radius 3 is 1.53 bits per heavy atom. The summed E-state index contributed by atoms with van der Waals surface area (Å²) in [4.78, 5) is 0. The number of rotatable bonds is 4. The van der Waals surface area contributed by atoms with E-state index >= 15 is 0 Å². The van der Waals surface area contributed by atoms with Crippen molar-refractivity contribution in [1.82, 2.24) is 0 Å². The summed E-state index contributed by atoms with van der Waals surface area (Å²) in [6, 6.07) is 12.2. The SMILES string of the molecule is Cc1cc(C2=CCC(C3(C4CC=C(c5ccc(O)c(C)c5)CC4)CCCCC3)CC2)ccc1O. The second-order valence-corrected chi connectivity index (χ2v) is 11.2. The Hall–Kier alpha value is -2.48. The number of hydrogen-bond donors (Lipinski definition) is 2. The first kappa shape index (κ1) is 23.3. The van der Waals surface area contributed by atoms with Crippen LogP contribution in [0, 0.1) is 31.1 Å². The van der Waals surface area contributed by atoms with Crippen LogP contribution < -0.4 is 0 Å². The van der Waals surface area contributed by atoms with Crippen LogP contribution in [0.2, 0.25) is 0 Å². The van der Waals surface area contributed by atoms with E-state index in [0.717, 1.165) is 35.8 Å². The molecular weight excluding hydrogens is 416 g/mol. The topological polar surface area (TPSA) is 40.5 Å². The van der Waals surface area contributed by atoms with Gasteiger partial charge in [0.15, 0.2) is 0 Å². The van der Waals surface area contributed by atoms with Crippen molar-refractivity contribution in [3.05, 3.63) is 70.8 Å². The molecule has 0 bridgehead atoms. The fourth-order valence-electron chi connectivity index (χ4n) is 7.31. The quantitative estimate of drug-likeness (QED) is 0.483. The summed E-state index contributed by atoms with van der Waals surface area (Å²) in [6.45, 7) is 3.98. The molecule has 3 aliphatic rings. The molecular formula is C32H40O2. The van der Waals surface area contributed by atoms with Gasteiger partial charge in [0, 0.05) is 0 Å². The highest BCUT2D eigenvalue weighted by atomic mass is 16.3. The average Bonchev–Trinajstić information content (AvgIpc) is 2.88. The van der Waals surface area contributed by atoms with E-state index in [2.05, 4.69) is 36.4 Å². The third kappa shape index (κ3) is 4.44. The first-order valence-electron chi connectivity index (χ1n) is 13.4. The number of hydrogen-bond acceptors (Lipinski definition) is 2. The molecule has 0 aliphatic heterocycles. The molecule has 0 amide bonds. The Kier molecular flexibility index (Phi) is 6.60. The van der Waals surface area contributed by atoms with Gasteiger partial charge in [0.25, 0.3) is 0 Å². The number of phenolic OH excluding ortho intramolecular Hbond substituents is 2. The van der Waals surface area contributed by atoms with Gasteiger partial charge in [-0.1, -0.05) is 43.5 Å². The van der Waals surface area contributed by atoms with Gasteiger partial charge < -0.3 is 10.2 Å². The predicted octanol–water partition coefficient (Wildman–Crippen LogP) is 8.73. The largest absolute Gasteiger partial charge is 0.508 e. The van der Waals surface area contributed by atoms with Crippen LogP contribution in [0.15, 0.2) is 48.6 Å². The lowest BCUT2D eigenvalue weighted by atomic mass is 9.54. The van der Waals surface area contributed by atoms with Crippen LogP contribution in [-0.4, -0.2) is 10.2 Å². The molecule has 5 rings (SSSR count). The minimum absolute atomic E-state index is 0.395. The molecule has 3 aliphatic carbocycles. The Balaban J connectivity index is 1.34. The molecule has 0 heterocycles. The zero-order valence-electron chi connectivity index (χ0n) is 20.9. The molecule has 2 nitrogen and oxygen atoms in total. The summed E-state index contributed by atoms with van der Waals surface area (Å²) in [7, 11) is 0. The Bertz CT molecular complexity index is 1020. The molecule has 1 fully saturated rings. The van der Waals surface area contributed by atoms with E-state index in [4.69, 9.17) is 0 Å². The van der Waals surface area contributed by atoms with Gasteiger partial charge in [-0.05, 0) is 140 Å². The first-order valence-corrected chi connectivity index (χ1v) is 13.4. The van der Waals surface area contributed by atoms with Gasteiger partial charge >= 0.3 is 0 Å². The third-order valence-electron chi connectivity index (χ3n) is 9.37. The van der Waals surface area contributed by atoms with Gasteiger partial charge in [-0.3, -0.25) is 0 Å². The Morgan fingerprint density at radius 2 is 1.15 bits per heavy atom. The fourth-order valence-corrected chi connectivity index (χ4v) is 7.31. The molecule has 0 radical (unpaired) electrons. The molecule has 2 aromatic carbocycles. The van der Waals surface area contributed by atoms with Crippen LogP contribution >= 0.6 is 0 Å². The predicted molar refractivity (Wildman–Crippen MR) is 142 cm³/mol. The highest BCUT2D eigenvalue weighted by molar-refractivity contribution is 5.68. The van der Waals surface area contributed by atoms with Crippen molar-refractivity contribution >= 4 is 11.1 Å². The van der Waals surface area contributed by atoms with Crippen molar-refractivity contribution in [3.63, 3.8) is 0 Å². The fraction of sp³-hybridized carbons (Fsp3) is 0.500. The molecule has 0 aromatic heterocycles. The number of benzene rings is 2. The molecule has 2 aromatic rings. The lowest BCUT2D eigenvalue weighted by Gasteiger charge is -2.51. The maximum atomic E-state index is 9.91. The summed E-state index contributed by atoms with van der Waals surface area (Å²) in [5.74, 6) is 2.38. The van der Waals surface area contributed by atoms with Crippen molar-refractivity contribution < 1.29 is 10.2 Å². The van der Waals surface area contributed by atoms with E-state index in [9.17, 15) is 10.2 Å². The summed E-state index contributed by atoms with van der Waals surface area (Å²) in [5.41, 5.74) is 7.97. The average molecular weight is 457 g/mol. The lowest BCUT2D eigenvalue weighted by molar-refractivity contribution is 0.0142. The van der Waals surface area contributed by atoms with E-state index < -0.39 is 0 Å². The minimum atomic E-state index is 0.395. The van der Waals surface area contributed by atoms with Crippen molar-refractivity contribution in [2.75, 3.05) is 0 Å². The maximum Gasteiger partial charge on any atom is 0.118 e. The van der Waals surface area contributed by atoms with Crippen LogP contribution in [0.4, 0.5) is 0 Å². The van der Waals surface area contributed by atoms with Crippen molar-refractivity contribution in [3.8, 4) is 11.5 Å². The number of phenols is 2. The van der Waals surface area contributed by atoms with Crippen molar-refractivity contribution in [2.24, 2.45) is 17.3 Å². The van der Waals surface area contributed by atoms with Gasteiger partial charge in [0.1, 0.15) is 11.5 Å². The smallest absolute Gasteiger partial charge is 0.118 e. The van der Waals surface area contributed by atoms with Crippen LogP contribution in [0.1, 0.15) is 92.9 Å². The number of aromatic hydroxyl groups is 2. The van der Waals surface area contributed by atoms with Crippen LogP contribution in [0.25, 0.3) is 11.1 Å². The maximum absolute atomic E-state index is 9.91. The number of allylic oxidation sites excluding steroid dienone is 4. The molecule has 0 spiro atoms.